The zero-order valence-electron chi connectivity index (χ0n) is 14.2. The Bertz CT molecular complexity index is 869. The molecule has 0 aliphatic heterocycles. The molecule has 0 aliphatic carbocycles. The van der Waals surface area contributed by atoms with Gasteiger partial charge in [-0.3, -0.25) is 4.79 Å². The Balaban J connectivity index is 1.83. The Morgan fingerprint density at radius 3 is 2.36 bits per heavy atom. The molecule has 1 N–H and O–H groups in total. The summed E-state index contributed by atoms with van der Waals surface area (Å²) in [5.41, 5.74) is 0.696. The van der Waals surface area contributed by atoms with Gasteiger partial charge < -0.3 is 10.1 Å². The van der Waals surface area contributed by atoms with Crippen LogP contribution in [0.15, 0.2) is 66.7 Å². The molecule has 1 unspecified atom stereocenters. The van der Waals surface area contributed by atoms with E-state index in [1.807, 2.05) is 56.3 Å². The van der Waals surface area contributed by atoms with Gasteiger partial charge in [-0.05, 0) is 41.6 Å². The number of ether oxygens (including phenoxy) is 1. The molecule has 4 heteroatoms. The molecule has 1 atom stereocenters. The highest BCUT2D eigenvalue weighted by Crippen LogP contribution is 2.27. The fraction of sp³-hybridized carbons (Fsp3) is 0.190. The number of nitrogens with one attached hydrogen (secondary N) is 1. The lowest BCUT2D eigenvalue weighted by Crippen LogP contribution is -2.37. The van der Waals surface area contributed by atoms with Crippen molar-refractivity contribution < 1.29 is 9.53 Å². The molecule has 3 nitrogen and oxygen atoms in total. The van der Waals surface area contributed by atoms with Crippen LogP contribution in [0.5, 0.6) is 5.75 Å². The van der Waals surface area contributed by atoms with Crippen LogP contribution in [0.2, 0.25) is 5.02 Å². The number of benzene rings is 3. The van der Waals surface area contributed by atoms with Crippen molar-refractivity contribution in [1.82, 2.24) is 0 Å². The van der Waals surface area contributed by atoms with E-state index in [1.165, 1.54) is 0 Å². The SMILES string of the molecule is CC(C)C(Oc1cccc2ccccc12)C(=O)Nc1ccc(Cl)cc1. The molecule has 0 saturated carbocycles. The summed E-state index contributed by atoms with van der Waals surface area (Å²) in [6.45, 7) is 3.94. The van der Waals surface area contributed by atoms with Crippen molar-refractivity contribution in [3.8, 4) is 5.75 Å². The zero-order valence-corrected chi connectivity index (χ0v) is 15.0. The average Bonchev–Trinajstić information content (AvgIpc) is 2.61. The molecule has 3 aromatic carbocycles. The summed E-state index contributed by atoms with van der Waals surface area (Å²) in [6.07, 6.45) is -0.596. The van der Waals surface area contributed by atoms with Crippen molar-refractivity contribution in [2.45, 2.75) is 20.0 Å². The Kier molecular flexibility index (Phi) is 5.25. The van der Waals surface area contributed by atoms with Crippen molar-refractivity contribution in [3.05, 3.63) is 71.8 Å². The second kappa shape index (κ2) is 7.58. The maximum absolute atomic E-state index is 12.7. The topological polar surface area (TPSA) is 38.3 Å². The third-order valence-electron chi connectivity index (χ3n) is 3.98. The lowest BCUT2D eigenvalue weighted by atomic mass is 10.1. The molecule has 128 valence electrons. The second-order valence-electron chi connectivity index (χ2n) is 6.26. The van der Waals surface area contributed by atoms with E-state index in [0.29, 0.717) is 16.5 Å². The van der Waals surface area contributed by atoms with Crippen LogP contribution in [0, 0.1) is 5.92 Å². The van der Waals surface area contributed by atoms with Crippen molar-refractivity contribution in [3.63, 3.8) is 0 Å². The molecule has 0 radical (unpaired) electrons. The summed E-state index contributed by atoms with van der Waals surface area (Å²) in [7, 11) is 0. The van der Waals surface area contributed by atoms with Crippen LogP contribution in [0.4, 0.5) is 5.69 Å². The van der Waals surface area contributed by atoms with Gasteiger partial charge in [0, 0.05) is 16.1 Å². The number of carbonyl (C=O) groups excluding carboxylic acids is 1. The summed E-state index contributed by atoms with van der Waals surface area (Å²) in [4.78, 5) is 12.7. The largest absolute Gasteiger partial charge is 0.480 e. The van der Waals surface area contributed by atoms with Crippen LogP contribution < -0.4 is 10.1 Å². The molecule has 3 rings (SSSR count). The fourth-order valence-corrected chi connectivity index (χ4v) is 2.80. The van der Waals surface area contributed by atoms with Gasteiger partial charge in [0.1, 0.15) is 5.75 Å². The van der Waals surface area contributed by atoms with Crippen molar-refractivity contribution in [1.29, 1.82) is 0 Å². The van der Waals surface area contributed by atoms with Gasteiger partial charge >= 0.3 is 0 Å². The van der Waals surface area contributed by atoms with Crippen LogP contribution in [-0.4, -0.2) is 12.0 Å². The highest BCUT2D eigenvalue weighted by Gasteiger charge is 2.25. The van der Waals surface area contributed by atoms with Gasteiger partial charge in [-0.1, -0.05) is 61.8 Å². The van der Waals surface area contributed by atoms with E-state index in [-0.39, 0.29) is 11.8 Å². The minimum Gasteiger partial charge on any atom is -0.480 e. The molecule has 1 amide bonds. The molecule has 0 aromatic heterocycles. The lowest BCUT2D eigenvalue weighted by molar-refractivity contribution is -0.124. The van der Waals surface area contributed by atoms with Gasteiger partial charge in [-0.2, -0.15) is 0 Å². The number of fused-ring (bicyclic) bond motifs is 1. The van der Waals surface area contributed by atoms with E-state index in [9.17, 15) is 4.79 Å². The number of hydrogen-bond acceptors (Lipinski definition) is 2. The van der Waals surface area contributed by atoms with Crippen molar-refractivity contribution in [2.24, 2.45) is 5.92 Å². The zero-order chi connectivity index (χ0) is 17.8. The minimum atomic E-state index is -0.596. The monoisotopic (exact) mass is 353 g/mol. The summed E-state index contributed by atoms with van der Waals surface area (Å²) in [6, 6.07) is 20.9. The maximum atomic E-state index is 12.7. The van der Waals surface area contributed by atoms with Gasteiger partial charge in [0.25, 0.3) is 5.91 Å². The van der Waals surface area contributed by atoms with E-state index in [0.717, 1.165) is 10.8 Å². The number of anilines is 1. The Labute approximate surface area is 152 Å². The highest BCUT2D eigenvalue weighted by molar-refractivity contribution is 6.30. The van der Waals surface area contributed by atoms with E-state index < -0.39 is 6.10 Å². The van der Waals surface area contributed by atoms with Crippen LogP contribution >= 0.6 is 11.6 Å². The quantitative estimate of drug-likeness (QED) is 0.654. The number of hydrogen-bond donors (Lipinski definition) is 1. The van der Waals surface area contributed by atoms with E-state index in [2.05, 4.69) is 5.32 Å². The predicted molar refractivity (Wildman–Crippen MR) is 103 cm³/mol. The third-order valence-corrected chi connectivity index (χ3v) is 4.23. The average molecular weight is 354 g/mol. The minimum absolute atomic E-state index is 0.0197. The maximum Gasteiger partial charge on any atom is 0.265 e. The summed E-state index contributed by atoms with van der Waals surface area (Å²) < 4.78 is 6.11. The number of halogens is 1. The van der Waals surface area contributed by atoms with Crippen molar-refractivity contribution >= 4 is 34.0 Å². The lowest BCUT2D eigenvalue weighted by Gasteiger charge is -2.22. The van der Waals surface area contributed by atoms with Crippen LogP contribution in [0.3, 0.4) is 0 Å². The van der Waals surface area contributed by atoms with E-state index >= 15 is 0 Å². The molecular weight excluding hydrogens is 334 g/mol. The number of rotatable bonds is 5. The van der Waals surface area contributed by atoms with Crippen LogP contribution in [-0.2, 0) is 4.79 Å². The van der Waals surface area contributed by atoms with E-state index in [1.54, 1.807) is 24.3 Å². The normalized spacial score (nSPS) is 12.2. The molecule has 0 heterocycles. The molecule has 0 fully saturated rings. The Morgan fingerprint density at radius 2 is 1.64 bits per heavy atom. The van der Waals surface area contributed by atoms with Crippen LogP contribution in [0.1, 0.15) is 13.8 Å². The van der Waals surface area contributed by atoms with Gasteiger partial charge in [0.05, 0.1) is 0 Å². The molecule has 0 bridgehead atoms. The number of carbonyl (C=O) groups is 1. The second-order valence-corrected chi connectivity index (χ2v) is 6.69. The first kappa shape index (κ1) is 17.3. The fourth-order valence-electron chi connectivity index (χ4n) is 2.67. The first-order valence-electron chi connectivity index (χ1n) is 8.25. The standard InChI is InChI=1S/C21H20ClNO2/c1-14(2)20(21(24)23-17-12-10-16(22)11-13-17)25-19-9-5-7-15-6-3-4-8-18(15)19/h3-14,20H,1-2H3,(H,23,24). The molecule has 0 spiro atoms. The van der Waals surface area contributed by atoms with E-state index in [4.69, 9.17) is 16.3 Å². The molecule has 0 aliphatic rings. The molecule has 3 aromatic rings. The Hall–Kier alpha value is -2.52. The Morgan fingerprint density at radius 1 is 0.960 bits per heavy atom. The van der Waals surface area contributed by atoms with Crippen LogP contribution in [0.25, 0.3) is 10.8 Å². The third kappa shape index (κ3) is 4.12. The van der Waals surface area contributed by atoms with Crippen molar-refractivity contribution in [2.75, 3.05) is 5.32 Å². The molecule has 25 heavy (non-hydrogen) atoms. The predicted octanol–water partition coefficient (Wildman–Crippen LogP) is 5.54. The first-order valence-corrected chi connectivity index (χ1v) is 8.63. The van der Waals surface area contributed by atoms with Gasteiger partial charge in [0.2, 0.25) is 0 Å². The summed E-state index contributed by atoms with van der Waals surface area (Å²) in [5, 5.41) is 5.61. The van der Waals surface area contributed by atoms with Gasteiger partial charge in [-0.25, -0.2) is 0 Å². The van der Waals surface area contributed by atoms with Gasteiger partial charge in [-0.15, -0.1) is 0 Å². The number of amides is 1. The van der Waals surface area contributed by atoms with Gasteiger partial charge in [0.15, 0.2) is 6.10 Å². The highest BCUT2D eigenvalue weighted by atomic mass is 35.5. The summed E-state index contributed by atoms with van der Waals surface area (Å²) in [5.74, 6) is 0.555. The molecule has 0 saturated heterocycles. The summed E-state index contributed by atoms with van der Waals surface area (Å²) >= 11 is 5.89. The first-order chi connectivity index (χ1) is 12.0. The molecular formula is C21H20ClNO2. The smallest absolute Gasteiger partial charge is 0.265 e.